The second kappa shape index (κ2) is 4.86. The van der Waals surface area contributed by atoms with E-state index in [1.165, 1.54) is 7.05 Å². The molecule has 4 amide bonds. The number of nitrogens with one attached hydrogen (secondary N) is 1. The maximum absolute atomic E-state index is 12.5. The van der Waals surface area contributed by atoms with Gasteiger partial charge in [0.1, 0.15) is 11.1 Å². The molecular weight excluding hydrogens is 286 g/mol. The molecule has 1 unspecified atom stereocenters. The van der Waals surface area contributed by atoms with Crippen molar-refractivity contribution in [3.8, 4) is 0 Å². The summed E-state index contributed by atoms with van der Waals surface area (Å²) in [6.07, 6.45) is -0.00529. The Kier molecular flexibility index (Phi) is 3.66. The highest BCUT2D eigenvalue weighted by atomic mass is 16.6. The number of hydrogen-bond donors (Lipinski definition) is 1. The van der Waals surface area contributed by atoms with Crippen LogP contribution in [0.4, 0.5) is 9.59 Å². The van der Waals surface area contributed by atoms with E-state index in [0.717, 1.165) is 4.90 Å². The van der Waals surface area contributed by atoms with Crippen LogP contribution in [0.1, 0.15) is 41.0 Å². The number of hydrogen-bond acceptors (Lipinski definition) is 4. The largest absolute Gasteiger partial charge is 0.444 e. The van der Waals surface area contributed by atoms with Crippen molar-refractivity contribution < 1.29 is 19.1 Å². The first kappa shape index (κ1) is 16.6. The molecule has 0 saturated carbocycles. The molecule has 0 aromatic rings. The van der Waals surface area contributed by atoms with Crippen LogP contribution in [-0.4, -0.2) is 59.1 Å². The summed E-state index contributed by atoms with van der Waals surface area (Å²) in [6, 6.07) is -0.385. The van der Waals surface area contributed by atoms with Gasteiger partial charge in [-0.3, -0.25) is 9.69 Å². The third-order valence-corrected chi connectivity index (χ3v) is 4.44. The Bertz CT molecular complexity index is 523. The van der Waals surface area contributed by atoms with E-state index in [4.69, 9.17) is 4.74 Å². The predicted octanol–water partition coefficient (Wildman–Crippen LogP) is 1.57. The molecule has 0 aromatic heterocycles. The predicted molar refractivity (Wildman–Crippen MR) is 80.2 cm³/mol. The maximum atomic E-state index is 12.5. The summed E-state index contributed by atoms with van der Waals surface area (Å²) in [4.78, 5) is 39.3. The number of rotatable bonds is 0. The SMILES string of the molecule is CN1C(=O)NC2(CCN(C(=O)OC(C)(C)C)CC2(C)C)C1=O. The summed E-state index contributed by atoms with van der Waals surface area (Å²) in [5, 5.41) is 2.83. The van der Waals surface area contributed by atoms with Crippen molar-refractivity contribution in [3.05, 3.63) is 0 Å². The monoisotopic (exact) mass is 311 g/mol. The Morgan fingerprint density at radius 1 is 1.27 bits per heavy atom. The van der Waals surface area contributed by atoms with Gasteiger partial charge in [0, 0.05) is 25.6 Å². The van der Waals surface area contributed by atoms with Gasteiger partial charge >= 0.3 is 12.1 Å². The molecule has 2 aliphatic rings. The molecule has 0 radical (unpaired) electrons. The van der Waals surface area contributed by atoms with Gasteiger partial charge < -0.3 is 15.0 Å². The van der Waals surface area contributed by atoms with Crippen molar-refractivity contribution in [3.63, 3.8) is 0 Å². The summed E-state index contributed by atoms with van der Waals surface area (Å²) < 4.78 is 5.39. The third-order valence-electron chi connectivity index (χ3n) is 4.44. The minimum atomic E-state index is -0.947. The summed E-state index contributed by atoms with van der Waals surface area (Å²) in [7, 11) is 1.47. The number of likely N-dealkylation sites (tertiary alicyclic amines) is 1. The van der Waals surface area contributed by atoms with Gasteiger partial charge in [0.2, 0.25) is 0 Å². The van der Waals surface area contributed by atoms with Gasteiger partial charge in [-0.25, -0.2) is 9.59 Å². The summed E-state index contributed by atoms with van der Waals surface area (Å²) >= 11 is 0. The lowest BCUT2D eigenvalue weighted by Gasteiger charge is -2.49. The van der Waals surface area contributed by atoms with Gasteiger partial charge in [0.15, 0.2) is 0 Å². The number of imide groups is 1. The molecule has 2 heterocycles. The van der Waals surface area contributed by atoms with E-state index in [1.807, 2.05) is 34.6 Å². The molecule has 0 bridgehead atoms. The molecule has 2 fully saturated rings. The molecule has 2 aliphatic heterocycles. The quantitative estimate of drug-likeness (QED) is 0.689. The fourth-order valence-corrected chi connectivity index (χ4v) is 3.14. The zero-order chi connectivity index (χ0) is 16.9. The summed E-state index contributed by atoms with van der Waals surface area (Å²) in [5.41, 5.74) is -2.09. The molecule has 2 saturated heterocycles. The van der Waals surface area contributed by atoms with Gasteiger partial charge in [-0.05, 0) is 27.2 Å². The molecular formula is C15H25N3O4. The van der Waals surface area contributed by atoms with Crippen LogP contribution >= 0.6 is 0 Å². The highest BCUT2D eigenvalue weighted by Crippen LogP contribution is 2.42. The molecule has 7 nitrogen and oxygen atoms in total. The van der Waals surface area contributed by atoms with Crippen molar-refractivity contribution in [2.75, 3.05) is 20.1 Å². The standard InChI is InChI=1S/C15H25N3O4/c1-13(2,3)22-12(21)18-8-7-15(14(4,5)9-18)10(19)17(6)11(20)16-15/h7-9H2,1-6H3,(H,16,20). The number of piperidine rings is 1. The number of urea groups is 1. The molecule has 2 rings (SSSR count). The zero-order valence-corrected chi connectivity index (χ0v) is 14.1. The van der Waals surface area contributed by atoms with Gasteiger partial charge in [0.25, 0.3) is 5.91 Å². The number of likely N-dealkylation sites (N-methyl/N-ethyl adjacent to an activating group) is 1. The Morgan fingerprint density at radius 2 is 1.86 bits per heavy atom. The van der Waals surface area contributed by atoms with Gasteiger partial charge in [-0.1, -0.05) is 13.8 Å². The van der Waals surface area contributed by atoms with Crippen LogP contribution in [0, 0.1) is 5.41 Å². The van der Waals surface area contributed by atoms with Crippen LogP contribution < -0.4 is 5.32 Å². The zero-order valence-electron chi connectivity index (χ0n) is 14.1. The molecule has 22 heavy (non-hydrogen) atoms. The Balaban J connectivity index is 2.19. The Morgan fingerprint density at radius 3 is 2.27 bits per heavy atom. The highest BCUT2D eigenvalue weighted by molar-refractivity contribution is 6.07. The van der Waals surface area contributed by atoms with E-state index >= 15 is 0 Å². The lowest BCUT2D eigenvalue weighted by atomic mass is 9.67. The molecule has 0 aliphatic carbocycles. The second-order valence-corrected chi connectivity index (χ2v) is 7.74. The minimum Gasteiger partial charge on any atom is -0.444 e. The molecule has 1 atom stereocenters. The first-order valence-electron chi connectivity index (χ1n) is 7.48. The van der Waals surface area contributed by atoms with Crippen LogP contribution in [0.2, 0.25) is 0 Å². The average Bonchev–Trinajstić information content (AvgIpc) is 2.57. The van der Waals surface area contributed by atoms with Crippen LogP contribution in [0.25, 0.3) is 0 Å². The van der Waals surface area contributed by atoms with E-state index in [2.05, 4.69) is 5.32 Å². The lowest BCUT2D eigenvalue weighted by Crippen LogP contribution is -2.66. The van der Waals surface area contributed by atoms with Crippen LogP contribution in [0.3, 0.4) is 0 Å². The second-order valence-electron chi connectivity index (χ2n) is 7.74. The average molecular weight is 311 g/mol. The van der Waals surface area contributed by atoms with Crippen molar-refractivity contribution in [1.82, 2.24) is 15.1 Å². The number of amides is 4. The number of carbonyl (C=O) groups is 3. The molecule has 1 N–H and O–H groups in total. The molecule has 0 aromatic carbocycles. The van der Waals surface area contributed by atoms with Gasteiger partial charge in [-0.15, -0.1) is 0 Å². The normalized spacial score (nSPS) is 28.1. The minimum absolute atomic E-state index is 0.230. The smallest absolute Gasteiger partial charge is 0.410 e. The van der Waals surface area contributed by atoms with Crippen molar-refractivity contribution in [2.45, 2.75) is 52.2 Å². The highest BCUT2D eigenvalue weighted by Gasteiger charge is 2.61. The molecule has 7 heteroatoms. The number of nitrogens with zero attached hydrogens (tertiary/aromatic N) is 2. The van der Waals surface area contributed by atoms with Crippen LogP contribution in [-0.2, 0) is 9.53 Å². The Labute approximate surface area is 131 Å². The fourth-order valence-electron chi connectivity index (χ4n) is 3.14. The van der Waals surface area contributed by atoms with Crippen molar-refractivity contribution >= 4 is 18.0 Å². The fraction of sp³-hybridized carbons (Fsp3) is 0.800. The summed E-state index contributed by atoms with van der Waals surface area (Å²) in [6.45, 7) is 9.95. The third kappa shape index (κ3) is 2.53. The van der Waals surface area contributed by atoms with Crippen molar-refractivity contribution in [1.29, 1.82) is 0 Å². The van der Waals surface area contributed by atoms with E-state index < -0.39 is 16.6 Å². The number of carbonyl (C=O) groups excluding carboxylic acids is 3. The molecule has 1 spiro atoms. The lowest BCUT2D eigenvalue weighted by molar-refractivity contribution is -0.138. The van der Waals surface area contributed by atoms with E-state index in [-0.39, 0.29) is 18.0 Å². The molecule has 124 valence electrons. The van der Waals surface area contributed by atoms with Gasteiger partial charge in [-0.2, -0.15) is 0 Å². The topological polar surface area (TPSA) is 79.0 Å². The van der Waals surface area contributed by atoms with E-state index in [1.54, 1.807) is 4.90 Å². The maximum Gasteiger partial charge on any atom is 0.410 e. The van der Waals surface area contributed by atoms with E-state index in [0.29, 0.717) is 19.5 Å². The first-order valence-corrected chi connectivity index (χ1v) is 7.48. The van der Waals surface area contributed by atoms with Crippen LogP contribution in [0.5, 0.6) is 0 Å². The van der Waals surface area contributed by atoms with Crippen molar-refractivity contribution in [2.24, 2.45) is 5.41 Å². The van der Waals surface area contributed by atoms with Crippen LogP contribution in [0.15, 0.2) is 0 Å². The van der Waals surface area contributed by atoms with E-state index in [9.17, 15) is 14.4 Å². The summed E-state index contributed by atoms with van der Waals surface area (Å²) in [5.74, 6) is -0.230. The number of ether oxygens (including phenoxy) is 1. The first-order chi connectivity index (χ1) is 9.90. The van der Waals surface area contributed by atoms with Gasteiger partial charge in [0.05, 0.1) is 0 Å². The Hall–Kier alpha value is -1.79.